The van der Waals surface area contributed by atoms with Crippen molar-refractivity contribution in [3.05, 3.63) is 36.0 Å². The summed E-state index contributed by atoms with van der Waals surface area (Å²) in [6.07, 6.45) is 12.9. The molecule has 0 saturated heterocycles. The molecule has 2 heteroatoms. The Labute approximate surface area is 115 Å². The molecule has 100 valence electrons. The molecular weight excluding hydrogens is 232 g/mol. The molecule has 2 nitrogen and oxygen atoms in total. The molecule has 1 heterocycles. The molecule has 0 atom stereocenters. The molecule has 1 aromatic heterocycles. The van der Waals surface area contributed by atoms with Crippen LogP contribution >= 0.6 is 0 Å². The Morgan fingerprint density at radius 3 is 2.79 bits per heavy atom. The zero-order chi connectivity index (χ0) is 13.5. The molecule has 0 unspecified atom stereocenters. The topological polar surface area (TPSA) is 30.9 Å². The lowest BCUT2D eigenvalue weighted by molar-refractivity contribution is 0.671. The third kappa shape index (κ3) is 3.39. The molecule has 0 aliphatic carbocycles. The molecule has 0 amide bonds. The Morgan fingerprint density at radius 2 is 2.00 bits per heavy atom. The predicted molar refractivity (Wildman–Crippen MR) is 82.0 cm³/mol. The van der Waals surface area contributed by atoms with Crippen molar-refractivity contribution in [2.75, 3.05) is 6.54 Å². The third-order valence-corrected chi connectivity index (χ3v) is 3.49. The van der Waals surface area contributed by atoms with Crippen molar-refractivity contribution in [2.45, 2.75) is 38.6 Å². The maximum Gasteiger partial charge on any atom is 0.0483 e. The average molecular weight is 254 g/mol. The standard InChI is InChI=1S/C17H22N2/c1-2-3-8-13-19-14-15(9-6-7-12-18)16-10-4-5-11-17(16)19/h1,4-5,10-11,14H,3,6-9,12-13,18H2. The van der Waals surface area contributed by atoms with E-state index < -0.39 is 0 Å². The van der Waals surface area contributed by atoms with Crippen molar-refractivity contribution in [2.24, 2.45) is 5.73 Å². The number of terminal acetylenes is 1. The number of para-hydroxylation sites is 1. The molecule has 0 fully saturated rings. The molecule has 2 N–H and O–H groups in total. The van der Waals surface area contributed by atoms with Gasteiger partial charge in [-0.3, -0.25) is 0 Å². The van der Waals surface area contributed by atoms with E-state index in [1.165, 1.54) is 16.5 Å². The van der Waals surface area contributed by atoms with Gasteiger partial charge in [0, 0.05) is 30.1 Å². The van der Waals surface area contributed by atoms with Crippen molar-refractivity contribution in [3.63, 3.8) is 0 Å². The largest absolute Gasteiger partial charge is 0.347 e. The summed E-state index contributed by atoms with van der Waals surface area (Å²) in [6.45, 7) is 1.78. The van der Waals surface area contributed by atoms with E-state index in [0.29, 0.717) is 0 Å². The number of rotatable bonds is 7. The molecule has 0 radical (unpaired) electrons. The first kappa shape index (κ1) is 13.7. The van der Waals surface area contributed by atoms with E-state index in [9.17, 15) is 0 Å². The van der Waals surface area contributed by atoms with E-state index in [-0.39, 0.29) is 0 Å². The second-order valence-corrected chi connectivity index (χ2v) is 4.92. The molecule has 19 heavy (non-hydrogen) atoms. The molecule has 1 aromatic carbocycles. The molecule has 2 rings (SSSR count). The zero-order valence-electron chi connectivity index (χ0n) is 11.4. The van der Waals surface area contributed by atoms with Gasteiger partial charge in [0.05, 0.1) is 0 Å². The van der Waals surface area contributed by atoms with Crippen LogP contribution in [0.2, 0.25) is 0 Å². The van der Waals surface area contributed by atoms with Gasteiger partial charge in [-0.25, -0.2) is 0 Å². The molecular formula is C17H22N2. The second kappa shape index (κ2) is 7.01. The molecule has 0 aliphatic rings. The summed E-state index contributed by atoms with van der Waals surface area (Å²) in [6, 6.07) is 8.62. The second-order valence-electron chi connectivity index (χ2n) is 4.92. The van der Waals surface area contributed by atoms with E-state index in [4.69, 9.17) is 12.2 Å². The van der Waals surface area contributed by atoms with Crippen molar-refractivity contribution in [1.82, 2.24) is 4.57 Å². The lowest BCUT2D eigenvalue weighted by atomic mass is 10.1. The monoisotopic (exact) mass is 254 g/mol. The molecule has 0 aliphatic heterocycles. The highest BCUT2D eigenvalue weighted by Gasteiger charge is 2.07. The van der Waals surface area contributed by atoms with Gasteiger partial charge in [0.25, 0.3) is 0 Å². The number of benzene rings is 1. The number of nitrogens with two attached hydrogens (primary N) is 1. The first-order valence-corrected chi connectivity index (χ1v) is 7.07. The Morgan fingerprint density at radius 1 is 1.16 bits per heavy atom. The van der Waals surface area contributed by atoms with Gasteiger partial charge >= 0.3 is 0 Å². The lowest BCUT2D eigenvalue weighted by Crippen LogP contribution is -1.99. The van der Waals surface area contributed by atoms with Crippen LogP contribution in [0, 0.1) is 12.3 Å². The molecule has 2 aromatic rings. The van der Waals surface area contributed by atoms with Crippen LogP contribution in [0.1, 0.15) is 31.2 Å². The highest BCUT2D eigenvalue weighted by atomic mass is 15.0. The number of hydrogen-bond acceptors (Lipinski definition) is 1. The summed E-state index contributed by atoms with van der Waals surface area (Å²) in [5.74, 6) is 2.71. The maximum atomic E-state index is 5.57. The Kier molecular flexibility index (Phi) is 5.06. The van der Waals surface area contributed by atoms with Gasteiger partial charge in [0.15, 0.2) is 0 Å². The van der Waals surface area contributed by atoms with Crippen molar-refractivity contribution in [1.29, 1.82) is 0 Å². The van der Waals surface area contributed by atoms with Gasteiger partial charge in [-0.05, 0) is 43.9 Å². The normalized spacial score (nSPS) is 10.7. The van der Waals surface area contributed by atoms with Crippen LogP contribution in [0.25, 0.3) is 10.9 Å². The highest BCUT2D eigenvalue weighted by Crippen LogP contribution is 2.23. The van der Waals surface area contributed by atoms with Crippen molar-refractivity contribution >= 4 is 10.9 Å². The van der Waals surface area contributed by atoms with E-state index in [0.717, 1.165) is 45.2 Å². The summed E-state index contributed by atoms with van der Waals surface area (Å²) >= 11 is 0. The fourth-order valence-electron chi connectivity index (χ4n) is 2.52. The molecule has 0 saturated carbocycles. The highest BCUT2D eigenvalue weighted by molar-refractivity contribution is 5.83. The number of unbranched alkanes of at least 4 members (excludes halogenated alkanes) is 2. The quantitative estimate of drug-likeness (QED) is 0.596. The summed E-state index contributed by atoms with van der Waals surface area (Å²) in [4.78, 5) is 0. The Hall–Kier alpha value is -1.72. The van der Waals surface area contributed by atoms with Crippen molar-refractivity contribution in [3.8, 4) is 12.3 Å². The minimum atomic E-state index is 0.779. The van der Waals surface area contributed by atoms with Gasteiger partial charge < -0.3 is 10.3 Å². The van der Waals surface area contributed by atoms with Crippen molar-refractivity contribution < 1.29 is 0 Å². The van der Waals surface area contributed by atoms with Crippen LogP contribution in [-0.4, -0.2) is 11.1 Å². The number of aryl methyl sites for hydroxylation is 2. The summed E-state index contributed by atoms with van der Waals surface area (Å²) in [5.41, 5.74) is 8.32. The zero-order valence-corrected chi connectivity index (χ0v) is 11.4. The van der Waals surface area contributed by atoms with Gasteiger partial charge in [-0.15, -0.1) is 12.3 Å². The van der Waals surface area contributed by atoms with Crippen LogP contribution < -0.4 is 5.73 Å². The van der Waals surface area contributed by atoms with Gasteiger partial charge in [-0.1, -0.05) is 18.2 Å². The summed E-state index contributed by atoms with van der Waals surface area (Å²) in [7, 11) is 0. The molecule has 0 spiro atoms. The van der Waals surface area contributed by atoms with Crippen LogP contribution in [0.5, 0.6) is 0 Å². The van der Waals surface area contributed by atoms with E-state index in [1.807, 2.05) is 0 Å². The van der Waals surface area contributed by atoms with E-state index >= 15 is 0 Å². The summed E-state index contributed by atoms with van der Waals surface area (Å²) in [5, 5.41) is 1.38. The van der Waals surface area contributed by atoms with E-state index in [2.05, 4.69) is 40.9 Å². The predicted octanol–water partition coefficient (Wildman–Crippen LogP) is 3.34. The van der Waals surface area contributed by atoms with Crippen LogP contribution in [0.4, 0.5) is 0 Å². The van der Waals surface area contributed by atoms with E-state index in [1.54, 1.807) is 0 Å². The lowest BCUT2D eigenvalue weighted by Gasteiger charge is -2.02. The maximum absolute atomic E-state index is 5.57. The first-order chi connectivity index (χ1) is 9.36. The average Bonchev–Trinajstić information content (AvgIpc) is 2.79. The number of nitrogens with zero attached hydrogens (tertiary/aromatic N) is 1. The Balaban J connectivity index is 2.19. The van der Waals surface area contributed by atoms with Gasteiger partial charge in [-0.2, -0.15) is 0 Å². The fraction of sp³-hybridized carbons (Fsp3) is 0.412. The van der Waals surface area contributed by atoms with Gasteiger partial charge in [0.2, 0.25) is 0 Å². The SMILES string of the molecule is C#CCCCn1cc(CCCCN)c2ccccc21. The minimum Gasteiger partial charge on any atom is -0.347 e. The fourth-order valence-corrected chi connectivity index (χ4v) is 2.52. The number of aromatic nitrogens is 1. The van der Waals surface area contributed by atoms with Crippen LogP contribution in [0.3, 0.4) is 0 Å². The minimum absolute atomic E-state index is 0.779. The smallest absolute Gasteiger partial charge is 0.0483 e. The first-order valence-electron chi connectivity index (χ1n) is 7.07. The summed E-state index contributed by atoms with van der Waals surface area (Å²) < 4.78 is 2.34. The Bertz CT molecular complexity index is 560. The van der Waals surface area contributed by atoms with Crippen LogP contribution in [-0.2, 0) is 13.0 Å². The van der Waals surface area contributed by atoms with Crippen LogP contribution in [0.15, 0.2) is 30.5 Å². The number of hydrogen-bond donors (Lipinski definition) is 1. The number of fused-ring (bicyclic) bond motifs is 1. The van der Waals surface area contributed by atoms with Gasteiger partial charge in [0.1, 0.15) is 0 Å². The molecule has 0 bridgehead atoms. The third-order valence-electron chi connectivity index (χ3n) is 3.49.